The van der Waals surface area contributed by atoms with Crippen LogP contribution in [-0.2, 0) is 9.84 Å². The van der Waals surface area contributed by atoms with Crippen LogP contribution in [0.5, 0.6) is 0 Å². The van der Waals surface area contributed by atoms with Gasteiger partial charge in [0, 0.05) is 12.1 Å². The molecule has 1 aromatic heterocycles. The second-order valence-electron chi connectivity index (χ2n) is 6.49. The van der Waals surface area contributed by atoms with Crippen LogP contribution in [0.4, 0.5) is 17.3 Å². The van der Waals surface area contributed by atoms with Crippen molar-refractivity contribution in [3.05, 3.63) is 40.2 Å². The third-order valence-corrected chi connectivity index (χ3v) is 6.17. The quantitative estimate of drug-likeness (QED) is 0.845. The number of anilines is 3. The van der Waals surface area contributed by atoms with Gasteiger partial charge in [0.15, 0.2) is 9.84 Å². The van der Waals surface area contributed by atoms with E-state index < -0.39 is 9.84 Å². The number of benzene rings is 1. The predicted octanol–water partition coefficient (Wildman–Crippen LogP) is 3.40. The Morgan fingerprint density at radius 1 is 1.12 bits per heavy atom. The van der Waals surface area contributed by atoms with Crippen molar-refractivity contribution in [2.24, 2.45) is 0 Å². The molecular formula is C17H21ClN4O2S. The molecule has 0 bridgehead atoms. The average Bonchev–Trinajstić information content (AvgIpc) is 2.81. The topological polar surface area (TPSA) is 84.0 Å². The fourth-order valence-corrected chi connectivity index (χ4v) is 5.07. The minimum absolute atomic E-state index is 0.114. The molecule has 0 amide bonds. The Morgan fingerprint density at radius 3 is 2.48 bits per heavy atom. The predicted molar refractivity (Wildman–Crippen MR) is 102 cm³/mol. The minimum Gasteiger partial charge on any atom is -0.366 e. The molecule has 1 aliphatic rings. The minimum atomic E-state index is -2.94. The summed E-state index contributed by atoms with van der Waals surface area (Å²) in [5.41, 5.74) is 2.93. The molecule has 8 heteroatoms. The highest BCUT2D eigenvalue weighted by Gasteiger charge is 2.28. The van der Waals surface area contributed by atoms with E-state index in [1.807, 2.05) is 26.0 Å². The highest BCUT2D eigenvalue weighted by atomic mass is 35.5. The summed E-state index contributed by atoms with van der Waals surface area (Å²) in [5, 5.41) is 7.08. The van der Waals surface area contributed by atoms with Gasteiger partial charge in [0.2, 0.25) is 0 Å². The smallest absolute Gasteiger partial charge is 0.152 e. The van der Waals surface area contributed by atoms with E-state index in [4.69, 9.17) is 11.6 Å². The number of hydrogen-bond donors (Lipinski definition) is 2. The summed E-state index contributed by atoms with van der Waals surface area (Å²) in [7, 11) is -2.94. The van der Waals surface area contributed by atoms with Gasteiger partial charge < -0.3 is 10.6 Å². The van der Waals surface area contributed by atoms with Crippen LogP contribution >= 0.6 is 11.6 Å². The Labute approximate surface area is 153 Å². The Morgan fingerprint density at radius 2 is 1.84 bits per heavy atom. The number of hydrogen-bond acceptors (Lipinski definition) is 6. The number of sulfone groups is 1. The lowest BCUT2D eigenvalue weighted by Gasteiger charge is -2.15. The van der Waals surface area contributed by atoms with E-state index in [0.29, 0.717) is 28.9 Å². The zero-order valence-electron chi connectivity index (χ0n) is 14.4. The standard InChI is InChI=1S/C17H21ClN4O2S/c1-10-6-11(2)17(14(18)7-10)22-16-8-15(19-12(3)20-16)21-13-4-5-25(23,24)9-13/h6-8,13H,4-5,9H2,1-3H3,(H2,19,20,21,22). The Balaban J connectivity index is 1.83. The van der Waals surface area contributed by atoms with Crippen LogP contribution in [0.25, 0.3) is 0 Å². The van der Waals surface area contributed by atoms with Crippen molar-refractivity contribution in [3.63, 3.8) is 0 Å². The van der Waals surface area contributed by atoms with Gasteiger partial charge in [-0.2, -0.15) is 0 Å². The molecule has 1 saturated heterocycles. The first-order valence-electron chi connectivity index (χ1n) is 8.08. The average molecular weight is 381 g/mol. The maximum atomic E-state index is 11.6. The number of nitrogens with one attached hydrogen (secondary N) is 2. The normalized spacial score (nSPS) is 19.0. The Kier molecular flexibility index (Phi) is 4.88. The number of aryl methyl sites for hydroxylation is 3. The van der Waals surface area contributed by atoms with Crippen LogP contribution in [0.3, 0.4) is 0 Å². The van der Waals surface area contributed by atoms with E-state index in [1.54, 1.807) is 13.0 Å². The maximum absolute atomic E-state index is 11.6. The van der Waals surface area contributed by atoms with E-state index in [9.17, 15) is 8.42 Å². The van der Waals surface area contributed by atoms with Gasteiger partial charge in [-0.05, 0) is 44.4 Å². The molecule has 0 radical (unpaired) electrons. The lowest BCUT2D eigenvalue weighted by Crippen LogP contribution is -2.21. The molecule has 1 atom stereocenters. The number of halogens is 1. The van der Waals surface area contributed by atoms with Crippen molar-refractivity contribution in [2.45, 2.75) is 33.2 Å². The van der Waals surface area contributed by atoms with Crippen molar-refractivity contribution in [1.82, 2.24) is 9.97 Å². The van der Waals surface area contributed by atoms with Crippen molar-refractivity contribution in [3.8, 4) is 0 Å². The molecule has 1 unspecified atom stereocenters. The van der Waals surface area contributed by atoms with Crippen molar-refractivity contribution in [1.29, 1.82) is 0 Å². The molecule has 1 fully saturated rings. The first kappa shape index (κ1) is 17.9. The molecule has 134 valence electrons. The van der Waals surface area contributed by atoms with Gasteiger partial charge in [-0.25, -0.2) is 18.4 Å². The van der Waals surface area contributed by atoms with Crippen molar-refractivity contribution >= 4 is 38.8 Å². The van der Waals surface area contributed by atoms with Gasteiger partial charge in [0.1, 0.15) is 17.5 Å². The van der Waals surface area contributed by atoms with Crippen LogP contribution in [0.15, 0.2) is 18.2 Å². The highest BCUT2D eigenvalue weighted by Crippen LogP contribution is 2.30. The fourth-order valence-electron chi connectivity index (χ4n) is 3.03. The lowest BCUT2D eigenvalue weighted by molar-refractivity contribution is 0.602. The van der Waals surface area contributed by atoms with Crippen LogP contribution in [0.2, 0.25) is 5.02 Å². The molecule has 3 rings (SSSR count). The summed E-state index contributed by atoms with van der Waals surface area (Å²) in [5.74, 6) is 2.18. The van der Waals surface area contributed by atoms with E-state index in [2.05, 4.69) is 20.6 Å². The zero-order valence-corrected chi connectivity index (χ0v) is 16.0. The molecule has 0 aliphatic carbocycles. The summed E-state index contributed by atoms with van der Waals surface area (Å²) in [6, 6.07) is 5.60. The second kappa shape index (κ2) is 6.80. The van der Waals surface area contributed by atoms with Crippen molar-refractivity contribution in [2.75, 3.05) is 22.1 Å². The molecular weight excluding hydrogens is 360 g/mol. The first-order chi connectivity index (χ1) is 11.7. The number of aromatic nitrogens is 2. The maximum Gasteiger partial charge on any atom is 0.152 e. The first-order valence-corrected chi connectivity index (χ1v) is 10.3. The molecule has 1 aromatic carbocycles. The summed E-state index contributed by atoms with van der Waals surface area (Å²) in [6.45, 7) is 5.78. The summed E-state index contributed by atoms with van der Waals surface area (Å²) >= 11 is 6.34. The number of rotatable bonds is 4. The Hall–Kier alpha value is -1.86. The molecule has 0 saturated carbocycles. The highest BCUT2D eigenvalue weighted by molar-refractivity contribution is 7.91. The lowest BCUT2D eigenvalue weighted by atomic mass is 10.1. The SMILES string of the molecule is Cc1cc(C)c(Nc2cc(NC3CCS(=O)(=O)C3)nc(C)n2)c(Cl)c1. The molecule has 2 N–H and O–H groups in total. The Bertz CT molecular complexity index is 892. The van der Waals surface area contributed by atoms with Gasteiger partial charge in [0.05, 0.1) is 22.2 Å². The monoisotopic (exact) mass is 380 g/mol. The van der Waals surface area contributed by atoms with Gasteiger partial charge in [-0.15, -0.1) is 0 Å². The summed E-state index contributed by atoms with van der Waals surface area (Å²) in [4.78, 5) is 8.75. The third kappa shape index (κ3) is 4.41. The second-order valence-corrected chi connectivity index (χ2v) is 9.13. The van der Waals surface area contributed by atoms with Crippen LogP contribution in [-0.4, -0.2) is 35.9 Å². The van der Waals surface area contributed by atoms with Crippen molar-refractivity contribution < 1.29 is 8.42 Å². The zero-order chi connectivity index (χ0) is 18.2. The van der Waals surface area contributed by atoms with Crippen LogP contribution < -0.4 is 10.6 Å². The third-order valence-electron chi connectivity index (χ3n) is 4.11. The van der Waals surface area contributed by atoms with Gasteiger partial charge in [-0.1, -0.05) is 17.7 Å². The molecule has 25 heavy (non-hydrogen) atoms. The van der Waals surface area contributed by atoms with Gasteiger partial charge in [-0.3, -0.25) is 0 Å². The van der Waals surface area contributed by atoms with Gasteiger partial charge >= 0.3 is 0 Å². The van der Waals surface area contributed by atoms with E-state index in [0.717, 1.165) is 16.8 Å². The largest absolute Gasteiger partial charge is 0.366 e. The fraction of sp³-hybridized carbons (Fsp3) is 0.412. The molecule has 2 heterocycles. The molecule has 0 spiro atoms. The van der Waals surface area contributed by atoms with E-state index in [1.165, 1.54) is 0 Å². The van der Waals surface area contributed by atoms with Crippen LogP contribution in [0.1, 0.15) is 23.4 Å². The molecule has 6 nitrogen and oxygen atoms in total. The van der Waals surface area contributed by atoms with E-state index >= 15 is 0 Å². The number of nitrogens with zero attached hydrogens (tertiary/aromatic N) is 2. The van der Waals surface area contributed by atoms with E-state index in [-0.39, 0.29) is 17.5 Å². The molecule has 2 aromatic rings. The summed E-state index contributed by atoms with van der Waals surface area (Å²) < 4.78 is 23.2. The summed E-state index contributed by atoms with van der Waals surface area (Å²) in [6.07, 6.45) is 0.594. The molecule has 1 aliphatic heterocycles. The van der Waals surface area contributed by atoms with Gasteiger partial charge in [0.25, 0.3) is 0 Å². The van der Waals surface area contributed by atoms with Crippen LogP contribution in [0, 0.1) is 20.8 Å².